The molecular formula is C14H19F3N2. The maximum absolute atomic E-state index is 12.1. The number of alkyl halides is 3. The number of halogens is 3. The van der Waals surface area contributed by atoms with Crippen molar-refractivity contribution in [1.82, 2.24) is 10.2 Å². The van der Waals surface area contributed by atoms with E-state index < -0.39 is 12.6 Å². The first-order valence-electron chi connectivity index (χ1n) is 6.49. The fourth-order valence-electron chi connectivity index (χ4n) is 2.44. The Labute approximate surface area is 111 Å². The lowest BCUT2D eigenvalue weighted by Gasteiger charge is -2.30. The molecule has 1 aromatic carbocycles. The van der Waals surface area contributed by atoms with Crippen LogP contribution in [0.25, 0.3) is 0 Å². The molecular weight excluding hydrogens is 253 g/mol. The molecule has 1 aliphatic heterocycles. The van der Waals surface area contributed by atoms with Crippen molar-refractivity contribution in [2.24, 2.45) is 0 Å². The van der Waals surface area contributed by atoms with Crippen molar-refractivity contribution in [3.8, 4) is 0 Å². The van der Waals surface area contributed by atoms with Crippen LogP contribution in [-0.2, 0) is 13.0 Å². The molecule has 1 heterocycles. The molecule has 1 aromatic rings. The molecule has 1 unspecified atom stereocenters. The van der Waals surface area contributed by atoms with Gasteiger partial charge in [0.2, 0.25) is 0 Å². The monoisotopic (exact) mass is 272 g/mol. The lowest BCUT2D eigenvalue weighted by atomic mass is 9.96. The molecule has 0 aliphatic carbocycles. The normalized spacial score (nSPS) is 19.5. The number of fused-ring (bicyclic) bond motifs is 1. The number of rotatable bonds is 4. The summed E-state index contributed by atoms with van der Waals surface area (Å²) in [5, 5.41) is 3.38. The molecule has 0 amide bonds. The van der Waals surface area contributed by atoms with E-state index in [1.54, 1.807) is 11.9 Å². The number of nitrogens with one attached hydrogen (secondary N) is 1. The number of hydrogen-bond acceptors (Lipinski definition) is 2. The Morgan fingerprint density at radius 2 is 1.95 bits per heavy atom. The highest BCUT2D eigenvalue weighted by Crippen LogP contribution is 2.20. The topological polar surface area (TPSA) is 15.3 Å². The van der Waals surface area contributed by atoms with Gasteiger partial charge in [0.05, 0.1) is 6.42 Å². The highest BCUT2D eigenvalue weighted by atomic mass is 19.4. The predicted octanol–water partition coefficient (Wildman–Crippen LogP) is 2.59. The largest absolute Gasteiger partial charge is 0.390 e. The van der Waals surface area contributed by atoms with E-state index in [-0.39, 0.29) is 12.6 Å². The Bertz CT molecular complexity index is 417. The van der Waals surface area contributed by atoms with E-state index in [0.29, 0.717) is 6.54 Å². The molecule has 1 N–H and O–H groups in total. The third-order valence-corrected chi connectivity index (χ3v) is 3.47. The van der Waals surface area contributed by atoms with Crippen LogP contribution in [0.4, 0.5) is 13.2 Å². The average Bonchev–Trinajstić information content (AvgIpc) is 2.35. The number of benzene rings is 1. The summed E-state index contributed by atoms with van der Waals surface area (Å²) in [7, 11) is 1.74. The lowest BCUT2D eigenvalue weighted by Crippen LogP contribution is -2.44. The van der Waals surface area contributed by atoms with Gasteiger partial charge in [0.25, 0.3) is 0 Å². The fraction of sp³-hybridized carbons (Fsp3) is 0.571. The lowest BCUT2D eigenvalue weighted by molar-refractivity contribution is -0.137. The van der Waals surface area contributed by atoms with Gasteiger partial charge in [0.15, 0.2) is 0 Å². The van der Waals surface area contributed by atoms with E-state index >= 15 is 0 Å². The standard InChI is InChI=1S/C14H19F3N2/c1-19(7-6-14(15,16)17)10-13-8-11-4-2-3-5-12(11)9-18-13/h2-5,13,18H,6-10H2,1H3. The van der Waals surface area contributed by atoms with Crippen LogP contribution in [0.15, 0.2) is 24.3 Å². The molecule has 106 valence electrons. The van der Waals surface area contributed by atoms with Crippen molar-refractivity contribution < 1.29 is 13.2 Å². The smallest absolute Gasteiger partial charge is 0.308 e. The van der Waals surface area contributed by atoms with Gasteiger partial charge < -0.3 is 10.2 Å². The molecule has 0 saturated heterocycles. The molecule has 0 radical (unpaired) electrons. The maximum atomic E-state index is 12.1. The van der Waals surface area contributed by atoms with Gasteiger partial charge in [-0.05, 0) is 24.6 Å². The van der Waals surface area contributed by atoms with Crippen molar-refractivity contribution in [1.29, 1.82) is 0 Å². The van der Waals surface area contributed by atoms with Crippen LogP contribution in [-0.4, -0.2) is 37.3 Å². The Balaban J connectivity index is 1.82. The van der Waals surface area contributed by atoms with Crippen LogP contribution in [0.2, 0.25) is 0 Å². The zero-order chi connectivity index (χ0) is 13.9. The average molecular weight is 272 g/mol. The minimum atomic E-state index is -4.07. The van der Waals surface area contributed by atoms with Crippen LogP contribution in [0.1, 0.15) is 17.5 Å². The summed E-state index contributed by atoms with van der Waals surface area (Å²) in [4.78, 5) is 1.75. The summed E-state index contributed by atoms with van der Waals surface area (Å²) in [6, 6.07) is 8.43. The van der Waals surface area contributed by atoms with Crippen molar-refractivity contribution in [3.05, 3.63) is 35.4 Å². The molecule has 0 spiro atoms. The van der Waals surface area contributed by atoms with Crippen LogP contribution in [0, 0.1) is 0 Å². The van der Waals surface area contributed by atoms with E-state index in [1.807, 2.05) is 12.1 Å². The van der Waals surface area contributed by atoms with Crippen molar-refractivity contribution in [2.45, 2.75) is 31.6 Å². The predicted molar refractivity (Wildman–Crippen MR) is 68.9 cm³/mol. The van der Waals surface area contributed by atoms with Crippen LogP contribution >= 0.6 is 0 Å². The summed E-state index contributed by atoms with van der Waals surface area (Å²) in [6.07, 6.45) is -3.93. The van der Waals surface area contributed by atoms with E-state index in [1.165, 1.54) is 11.1 Å². The van der Waals surface area contributed by atoms with E-state index in [0.717, 1.165) is 13.0 Å². The Hall–Kier alpha value is -1.07. The second-order valence-electron chi connectivity index (χ2n) is 5.18. The summed E-state index contributed by atoms with van der Waals surface area (Å²) in [6.45, 7) is 1.50. The van der Waals surface area contributed by atoms with Gasteiger partial charge in [0.1, 0.15) is 0 Å². The van der Waals surface area contributed by atoms with Gasteiger partial charge in [-0.3, -0.25) is 0 Å². The van der Waals surface area contributed by atoms with E-state index in [9.17, 15) is 13.2 Å². The van der Waals surface area contributed by atoms with Gasteiger partial charge in [-0.15, -0.1) is 0 Å². The zero-order valence-electron chi connectivity index (χ0n) is 11.0. The summed E-state index contributed by atoms with van der Waals surface area (Å²) in [5.74, 6) is 0. The highest BCUT2D eigenvalue weighted by molar-refractivity contribution is 5.29. The molecule has 0 bridgehead atoms. The van der Waals surface area contributed by atoms with Crippen molar-refractivity contribution >= 4 is 0 Å². The zero-order valence-corrected chi connectivity index (χ0v) is 11.0. The molecule has 0 saturated carbocycles. The minimum absolute atomic E-state index is 0.0589. The molecule has 0 fully saturated rings. The third-order valence-electron chi connectivity index (χ3n) is 3.47. The van der Waals surface area contributed by atoms with Gasteiger partial charge in [-0.25, -0.2) is 0 Å². The van der Waals surface area contributed by atoms with Crippen molar-refractivity contribution in [2.75, 3.05) is 20.1 Å². The summed E-state index contributed by atoms with van der Waals surface area (Å²) in [5.41, 5.74) is 2.59. The molecule has 2 rings (SSSR count). The molecule has 1 aliphatic rings. The second-order valence-corrected chi connectivity index (χ2v) is 5.18. The maximum Gasteiger partial charge on any atom is 0.390 e. The first-order valence-corrected chi connectivity index (χ1v) is 6.49. The molecule has 1 atom stereocenters. The number of likely N-dealkylation sites (N-methyl/N-ethyl adjacent to an activating group) is 1. The van der Waals surface area contributed by atoms with Crippen LogP contribution in [0.5, 0.6) is 0 Å². The molecule has 19 heavy (non-hydrogen) atoms. The van der Waals surface area contributed by atoms with Gasteiger partial charge >= 0.3 is 6.18 Å². The number of nitrogens with zero attached hydrogens (tertiary/aromatic N) is 1. The Kier molecular flexibility index (Phi) is 4.47. The molecule has 0 aromatic heterocycles. The Morgan fingerprint density at radius 3 is 2.63 bits per heavy atom. The first kappa shape index (κ1) is 14.3. The second kappa shape index (κ2) is 5.92. The van der Waals surface area contributed by atoms with E-state index in [2.05, 4.69) is 17.4 Å². The molecule has 5 heteroatoms. The summed E-state index contributed by atoms with van der Waals surface area (Å²) < 4.78 is 36.4. The quantitative estimate of drug-likeness (QED) is 0.906. The van der Waals surface area contributed by atoms with Crippen LogP contribution < -0.4 is 5.32 Å². The molecule has 2 nitrogen and oxygen atoms in total. The van der Waals surface area contributed by atoms with Gasteiger partial charge in [-0.1, -0.05) is 24.3 Å². The van der Waals surface area contributed by atoms with Crippen molar-refractivity contribution in [3.63, 3.8) is 0 Å². The van der Waals surface area contributed by atoms with Gasteiger partial charge in [0, 0.05) is 25.7 Å². The van der Waals surface area contributed by atoms with Gasteiger partial charge in [-0.2, -0.15) is 13.2 Å². The van der Waals surface area contributed by atoms with E-state index in [4.69, 9.17) is 0 Å². The number of hydrogen-bond donors (Lipinski definition) is 1. The summed E-state index contributed by atoms with van der Waals surface area (Å²) >= 11 is 0. The first-order chi connectivity index (χ1) is 8.94. The fourth-order valence-corrected chi connectivity index (χ4v) is 2.44. The Morgan fingerprint density at radius 1 is 1.26 bits per heavy atom. The van der Waals surface area contributed by atoms with Crippen LogP contribution in [0.3, 0.4) is 0 Å². The third kappa shape index (κ3) is 4.51. The highest BCUT2D eigenvalue weighted by Gasteiger charge is 2.27. The minimum Gasteiger partial charge on any atom is -0.308 e. The SMILES string of the molecule is CN(CCC(F)(F)F)CC1Cc2ccccc2CN1.